The van der Waals surface area contributed by atoms with Crippen LogP contribution < -0.4 is 30.0 Å². The first kappa shape index (κ1) is 53.9. The molecular weight excluding hydrogens is 881 g/mol. The predicted molar refractivity (Wildman–Crippen MR) is 268 cm³/mol. The maximum absolute atomic E-state index is 11.5. The molecule has 15 heteroatoms. The highest BCUT2D eigenvalue weighted by atomic mass is 16.5. The second-order valence-electron chi connectivity index (χ2n) is 16.1. The van der Waals surface area contributed by atoms with Gasteiger partial charge in [0.05, 0.1) is 47.2 Å². The van der Waals surface area contributed by atoms with Gasteiger partial charge in [0, 0.05) is 48.0 Å². The Kier molecular flexibility index (Phi) is 19.9. The van der Waals surface area contributed by atoms with Gasteiger partial charge in [-0.15, -0.1) is 0 Å². The number of aldehydes is 1. The Hall–Kier alpha value is -7.69. The fourth-order valence-corrected chi connectivity index (χ4v) is 6.60. The smallest absolute Gasteiger partial charge is 0.326 e. The molecule has 2 aromatic heterocycles. The summed E-state index contributed by atoms with van der Waals surface area (Å²) in [6.45, 7) is 5.87. The van der Waals surface area contributed by atoms with Crippen LogP contribution in [0, 0.1) is 13.8 Å². The molecule has 1 unspecified atom stereocenters. The van der Waals surface area contributed by atoms with Crippen molar-refractivity contribution in [2.45, 2.75) is 45.3 Å². The van der Waals surface area contributed by atoms with E-state index >= 15 is 0 Å². The lowest BCUT2D eigenvalue weighted by Crippen LogP contribution is -2.52. The van der Waals surface area contributed by atoms with Crippen molar-refractivity contribution in [3.05, 3.63) is 154 Å². The van der Waals surface area contributed by atoms with Crippen LogP contribution in [-0.2, 0) is 16.1 Å². The molecule has 0 bridgehead atoms. The predicted octanol–water partition coefficient (Wildman–Crippen LogP) is 8.01. The van der Waals surface area contributed by atoms with Crippen LogP contribution in [0.2, 0.25) is 0 Å². The molecule has 0 aliphatic rings. The number of aromatic nitrogens is 2. The molecule has 0 saturated heterocycles. The summed E-state index contributed by atoms with van der Waals surface area (Å²) in [7, 11) is 6.16. The number of benzene rings is 4. The van der Waals surface area contributed by atoms with Crippen molar-refractivity contribution in [2.24, 2.45) is 5.73 Å². The number of methoxy groups -OCH3 is 4. The van der Waals surface area contributed by atoms with E-state index in [1.54, 1.807) is 14.2 Å². The van der Waals surface area contributed by atoms with Crippen LogP contribution >= 0.6 is 0 Å². The number of aliphatic carboxylic acids is 2. The fraction of sp³-hybridized carbons (Fsp3) is 0.241. The van der Waals surface area contributed by atoms with Gasteiger partial charge < -0.3 is 45.1 Å². The Bertz CT molecular complexity index is 2690. The van der Waals surface area contributed by atoms with E-state index in [0.29, 0.717) is 34.1 Å². The lowest BCUT2D eigenvalue weighted by Gasteiger charge is -2.25. The molecule has 362 valence electrons. The minimum absolute atomic E-state index is 0.141. The van der Waals surface area contributed by atoms with E-state index in [-0.39, 0.29) is 6.54 Å². The van der Waals surface area contributed by atoms with Gasteiger partial charge in [-0.25, -0.2) is 0 Å². The van der Waals surface area contributed by atoms with Crippen LogP contribution in [0.25, 0.3) is 46.6 Å². The molecule has 0 aliphatic carbocycles. The van der Waals surface area contributed by atoms with E-state index in [9.17, 15) is 24.6 Å². The van der Waals surface area contributed by atoms with Crippen LogP contribution in [0.5, 0.6) is 23.0 Å². The third kappa shape index (κ3) is 14.2. The number of carboxylic acids is 2. The van der Waals surface area contributed by atoms with Gasteiger partial charge in [-0.1, -0.05) is 85.0 Å². The van der Waals surface area contributed by atoms with Crippen molar-refractivity contribution >= 4 is 42.5 Å². The van der Waals surface area contributed by atoms with Crippen LogP contribution in [0.3, 0.4) is 0 Å². The Labute approximate surface area is 402 Å². The molecule has 2 heterocycles. The number of ether oxygens (including phenoxy) is 4. The van der Waals surface area contributed by atoms with Gasteiger partial charge in [-0.2, -0.15) is 0 Å². The minimum atomic E-state index is -1.49. The molecule has 0 amide bonds. The molecule has 6 rings (SSSR count). The van der Waals surface area contributed by atoms with E-state index in [4.69, 9.17) is 34.9 Å². The summed E-state index contributed by atoms with van der Waals surface area (Å²) < 4.78 is 21.8. The molecule has 0 fully saturated rings. The third-order valence-electron chi connectivity index (χ3n) is 11.2. The number of nitrogens with zero attached hydrogens (tertiary/aromatic N) is 2. The first-order chi connectivity index (χ1) is 33.0. The van der Waals surface area contributed by atoms with Crippen molar-refractivity contribution in [2.75, 3.05) is 41.7 Å². The highest BCUT2D eigenvalue weighted by molar-refractivity contribution is 5.86. The molecule has 6 aromatic rings. The van der Waals surface area contributed by atoms with Crippen molar-refractivity contribution in [1.29, 1.82) is 0 Å². The van der Waals surface area contributed by atoms with Gasteiger partial charge in [-0.05, 0) is 96.5 Å². The number of carbonyl (C=O) groups is 3. The number of pyridine rings is 2. The Morgan fingerprint density at radius 2 is 1.03 bits per heavy atom. The molecule has 2 atom stereocenters. The normalized spacial score (nSPS) is 12.6. The average molecular weight is 941 g/mol. The first-order valence-electron chi connectivity index (χ1n) is 21.6. The van der Waals surface area contributed by atoms with Gasteiger partial charge in [0.1, 0.15) is 34.1 Å². The monoisotopic (exact) mass is 940 g/mol. The van der Waals surface area contributed by atoms with E-state index < -0.39 is 36.2 Å². The number of aliphatic hydroxyl groups is 2. The van der Waals surface area contributed by atoms with E-state index in [2.05, 4.69) is 53.4 Å². The van der Waals surface area contributed by atoms with E-state index in [0.717, 1.165) is 61.9 Å². The van der Waals surface area contributed by atoms with Crippen LogP contribution in [0.15, 0.2) is 110 Å². The second kappa shape index (κ2) is 25.4. The number of aliphatic hydroxyl groups excluding tert-OH is 2. The van der Waals surface area contributed by atoms with E-state index in [1.807, 2.05) is 110 Å². The van der Waals surface area contributed by atoms with Gasteiger partial charge in [-0.3, -0.25) is 29.7 Å². The van der Waals surface area contributed by atoms with Gasteiger partial charge in [0.25, 0.3) is 0 Å². The maximum atomic E-state index is 11.5. The number of carboxylic acid groups (broad SMARTS) is 2. The second-order valence-corrected chi connectivity index (χ2v) is 16.1. The Morgan fingerprint density at radius 3 is 1.35 bits per heavy atom. The number of nitrogens with one attached hydrogen (secondary N) is 1. The zero-order chi connectivity index (χ0) is 50.7. The highest BCUT2D eigenvalue weighted by Gasteiger charge is 2.32. The van der Waals surface area contributed by atoms with Crippen molar-refractivity contribution < 1.29 is 53.8 Å². The minimum Gasteiger partial charge on any atom is -0.496 e. The Morgan fingerprint density at radius 1 is 0.623 bits per heavy atom. The highest BCUT2D eigenvalue weighted by Crippen LogP contribution is 2.34. The SMILES string of the molecule is CC(N)(CO)C(=O)O.COc1cc(/C=C/c2cncc(-c3ccccc3)c2C)cc(OC)c1C=O.COc1cc(/C=C/c2cncc(-c3ccccc3)c2C)cc(OC)c1CN[C@@](C)(CO)C(=O)O. The molecule has 0 aliphatic heterocycles. The average Bonchev–Trinajstić information content (AvgIpc) is 3.37. The van der Waals surface area contributed by atoms with Gasteiger partial charge >= 0.3 is 11.9 Å². The first-order valence-corrected chi connectivity index (χ1v) is 21.6. The summed E-state index contributed by atoms with van der Waals surface area (Å²) in [5.41, 5.74) is 13.5. The zero-order valence-electron chi connectivity index (χ0n) is 40.0. The third-order valence-corrected chi connectivity index (χ3v) is 11.2. The summed E-state index contributed by atoms with van der Waals surface area (Å²) in [6.07, 6.45) is 16.1. The molecule has 15 nitrogen and oxygen atoms in total. The lowest BCUT2D eigenvalue weighted by atomic mass is 9.98. The number of hydrogen-bond donors (Lipinski definition) is 6. The summed E-state index contributed by atoms with van der Waals surface area (Å²) in [6, 6.07) is 27.6. The van der Waals surface area contributed by atoms with Crippen LogP contribution in [0.1, 0.15) is 63.1 Å². The number of hydrogen-bond acceptors (Lipinski definition) is 13. The topological polar surface area (TPSA) is 233 Å². The van der Waals surface area contributed by atoms with Crippen LogP contribution in [-0.4, -0.2) is 101 Å². The lowest BCUT2D eigenvalue weighted by molar-refractivity contribution is -0.146. The molecule has 0 radical (unpaired) electrons. The largest absolute Gasteiger partial charge is 0.496 e. The molecular formula is C54H60N4O11. The standard InChI is InChI=1S/C27H30N2O5.C23H21NO3.C4H9NO3/c1-18-21(14-28-15-22(18)20-8-6-5-7-9-20)11-10-19-12-24(33-3)23(25(13-19)34-4)16-29-27(2,17-30)26(31)32;1-16-19(13-24-14-20(16)18-7-5-4-6-8-18)10-9-17-11-22(26-2)21(15-25)23(12-17)27-3;1-4(5,2-6)3(7)8/h5-15,29-30H,16-17H2,1-4H3,(H,31,32);4-15H,1-3H3;6H,2,5H2,1H3,(H,7,8)/b11-10+;10-9+;/t27-;;/m0../s1. The fourth-order valence-electron chi connectivity index (χ4n) is 6.60. The quantitative estimate of drug-likeness (QED) is 0.0448. The summed E-state index contributed by atoms with van der Waals surface area (Å²) >= 11 is 0. The molecule has 0 saturated carbocycles. The van der Waals surface area contributed by atoms with Crippen molar-refractivity contribution in [3.8, 4) is 45.3 Å². The van der Waals surface area contributed by atoms with Crippen molar-refractivity contribution in [3.63, 3.8) is 0 Å². The van der Waals surface area contributed by atoms with E-state index in [1.165, 1.54) is 28.1 Å². The molecule has 69 heavy (non-hydrogen) atoms. The number of nitrogens with two attached hydrogens (primary N) is 1. The molecule has 0 spiro atoms. The van der Waals surface area contributed by atoms with Gasteiger partial charge in [0.2, 0.25) is 0 Å². The van der Waals surface area contributed by atoms with Crippen molar-refractivity contribution in [1.82, 2.24) is 15.3 Å². The zero-order valence-corrected chi connectivity index (χ0v) is 40.0. The number of carbonyl (C=O) groups excluding carboxylic acids is 1. The Balaban J connectivity index is 0.000000264. The summed E-state index contributed by atoms with van der Waals surface area (Å²) in [4.78, 5) is 41.5. The molecule has 7 N–H and O–H groups in total. The summed E-state index contributed by atoms with van der Waals surface area (Å²) in [5, 5.41) is 38.2. The maximum Gasteiger partial charge on any atom is 0.326 e. The van der Waals surface area contributed by atoms with Gasteiger partial charge in [0.15, 0.2) is 6.29 Å². The summed E-state index contributed by atoms with van der Waals surface area (Å²) in [5.74, 6) is -0.280. The number of rotatable bonds is 18. The van der Waals surface area contributed by atoms with Crippen LogP contribution in [0.4, 0.5) is 0 Å². The molecule has 4 aromatic carbocycles.